The van der Waals surface area contributed by atoms with Crippen molar-refractivity contribution in [2.24, 2.45) is 5.41 Å². The predicted octanol–water partition coefficient (Wildman–Crippen LogP) is 24.9. The van der Waals surface area contributed by atoms with Crippen molar-refractivity contribution in [3.63, 3.8) is 0 Å². The van der Waals surface area contributed by atoms with Crippen molar-refractivity contribution in [2.45, 2.75) is 92.2 Å². The summed E-state index contributed by atoms with van der Waals surface area (Å²) in [4.78, 5) is 98.2. The summed E-state index contributed by atoms with van der Waals surface area (Å²) in [6, 6.07) is 41.6. The van der Waals surface area contributed by atoms with Crippen molar-refractivity contribution in [3.8, 4) is 135 Å². The summed E-state index contributed by atoms with van der Waals surface area (Å²) in [5.41, 5.74) is 34.3. The monoisotopic (exact) mass is 1950 g/mol. The summed E-state index contributed by atoms with van der Waals surface area (Å²) < 4.78 is 0. The number of amides is 2. The molecule has 2 amide bonds. The van der Waals surface area contributed by atoms with E-state index in [2.05, 4.69) is 238 Å². The summed E-state index contributed by atoms with van der Waals surface area (Å²) in [6.07, 6.45) is 37.6. The molecule has 26 rings (SSSR count). The predicted molar refractivity (Wildman–Crippen MR) is 572 cm³/mol. The van der Waals surface area contributed by atoms with Crippen LogP contribution in [-0.2, 0) is 22.7 Å². The normalized spacial score (nSPS) is 13.1. The zero-order chi connectivity index (χ0) is 96.4. The van der Waals surface area contributed by atoms with Gasteiger partial charge >= 0.3 is 0 Å². The van der Waals surface area contributed by atoms with Gasteiger partial charge in [0.1, 0.15) is 44.8 Å². The van der Waals surface area contributed by atoms with Gasteiger partial charge in [-0.15, -0.1) is 0 Å². The molecule has 143 heavy (non-hydrogen) atoms. The molecule has 22 heterocycles. The van der Waals surface area contributed by atoms with E-state index in [0.29, 0.717) is 35.9 Å². The number of rotatable bonds is 21. The molecule has 10 N–H and O–H groups in total. The minimum atomic E-state index is -0.0883. The average molecular weight is 1960 g/mol. The molecular weight excluding hydrogens is 1860 g/mol. The van der Waals surface area contributed by atoms with Crippen LogP contribution in [0.15, 0.2) is 264 Å². The van der Waals surface area contributed by atoms with Crippen LogP contribution in [0.1, 0.15) is 90.2 Å². The SMILES string of the molecule is CC(C)(C)CC(=O)Nc1cncc(-c2ccc3[nH]nc(-c4nc5c(-c6ccsc6)cncc5[nH]4)c3c2)c1.CCCC(=O)Nc1cncc(-c2ccc3[nH]nc(-c4nc5c(-c6ccsc6)cncc5[nH]4)c3c2)c1.c1cc(-c2cncc3[nH]c(-c4n[nH]c5ccc(-c6cncc(CN7CCCC7)c6)cc45)nc23)cs1.c1cc(-c2cncc3[nH]c(-c4n[nH]c5ccc(-c6cncc(CN7CCCCC7)c6)cc45)nc23)cs1. The number of hydrogen-bond acceptors (Lipinski definition) is 24. The van der Waals surface area contributed by atoms with Crippen LogP contribution in [0.3, 0.4) is 0 Å². The van der Waals surface area contributed by atoms with Gasteiger partial charge in [0.25, 0.3) is 0 Å². The number of aromatic amines is 8. The molecule has 0 radical (unpaired) electrons. The molecule has 24 aromatic rings. The van der Waals surface area contributed by atoms with E-state index in [4.69, 9.17) is 19.9 Å². The number of thiophene rings is 4. The first-order valence-corrected chi connectivity index (χ1v) is 51.2. The van der Waals surface area contributed by atoms with Crippen molar-refractivity contribution < 1.29 is 9.59 Å². The van der Waals surface area contributed by atoms with E-state index in [9.17, 15) is 9.59 Å². The van der Waals surface area contributed by atoms with Gasteiger partial charge in [0, 0.05) is 154 Å². The topological polar surface area (TPSA) is 397 Å². The van der Waals surface area contributed by atoms with Gasteiger partial charge < -0.3 is 30.6 Å². The second-order valence-corrected chi connectivity index (χ2v) is 40.2. The number of fused-ring (bicyclic) bond motifs is 8. The molecular formula is C109H94N28O2S4. The Bertz CT molecular complexity index is 8720. The Balaban J connectivity index is 0.000000106. The van der Waals surface area contributed by atoms with Crippen molar-refractivity contribution in [3.05, 3.63) is 275 Å². The highest BCUT2D eigenvalue weighted by molar-refractivity contribution is 7.09. The minimum Gasteiger partial charge on any atom is -0.335 e. The fraction of sp³-hybridized carbons (Fsp3) is 0.174. The van der Waals surface area contributed by atoms with Crippen molar-refractivity contribution in [2.75, 3.05) is 36.8 Å². The number of carbonyl (C=O) groups excluding carboxylic acids is 2. The zero-order valence-electron chi connectivity index (χ0n) is 78.3. The van der Waals surface area contributed by atoms with E-state index in [1.54, 1.807) is 82.5 Å². The van der Waals surface area contributed by atoms with Crippen LogP contribution in [0.5, 0.6) is 0 Å². The minimum absolute atomic E-state index is 0.0137. The summed E-state index contributed by atoms with van der Waals surface area (Å²) in [5, 5.41) is 57.4. The fourth-order valence-electron chi connectivity index (χ4n) is 18.7. The number of nitrogens with zero attached hydrogens (tertiary/aromatic N) is 18. The molecule has 2 saturated heterocycles. The van der Waals surface area contributed by atoms with Gasteiger partial charge in [-0.3, -0.25) is 79.7 Å². The van der Waals surface area contributed by atoms with Crippen molar-refractivity contribution in [1.82, 2.24) is 130 Å². The molecule has 30 nitrogen and oxygen atoms in total. The van der Waals surface area contributed by atoms with Gasteiger partial charge in [0.2, 0.25) is 11.8 Å². The van der Waals surface area contributed by atoms with E-state index in [0.717, 1.165) is 231 Å². The highest BCUT2D eigenvalue weighted by atomic mass is 32.1. The van der Waals surface area contributed by atoms with Gasteiger partial charge in [-0.25, -0.2) is 19.9 Å². The van der Waals surface area contributed by atoms with Gasteiger partial charge in [-0.2, -0.15) is 65.7 Å². The average Bonchev–Trinajstić information content (AvgIpc) is 1.63. The molecule has 2 aliphatic rings. The summed E-state index contributed by atoms with van der Waals surface area (Å²) in [5.74, 6) is 2.76. The summed E-state index contributed by atoms with van der Waals surface area (Å²) in [6.45, 7) is 14.7. The number of hydrogen-bond donors (Lipinski definition) is 10. The number of aromatic nitrogens is 24. The van der Waals surface area contributed by atoms with Gasteiger partial charge in [-0.1, -0.05) is 58.4 Å². The lowest BCUT2D eigenvalue weighted by Gasteiger charge is -2.26. The standard InChI is InChI=1S/C28H25N7OS.C28H25N7S.C27H23N7S.C26H21N7OS/c1-28(2,3)10-24(36)31-19-8-18(11-29-12-19)16-4-5-22-20(9-16)26(35-34-22)27-32-23-14-30-13-21(25(23)33-27)17-6-7-37-15-17;1-2-7-35(8-3-1)16-18-10-21(13-29-12-18)19-4-5-24-22(11-19)27(34-33-24)28-31-25-15-30-14-23(26(25)32-28)20-6-9-36-17-20;1-2-7-34(6-1)15-17-9-20(12-28-11-17)18-3-4-23-21(10-18)26(33-32-23)27-30-24-14-29-13-22(25(24)31-27)19-5-8-35-16-19;1-2-3-23(34)29-18-8-17(10-27-11-18)15-4-5-21-19(9-15)25(33-32-21)26-30-22-13-28-12-20(24(22)31-26)16-6-7-35-14-16/h4-9,11-15H,10H2,1-3H3,(H,31,36)(H,32,33)(H,34,35);4-6,9-15,17H,1-3,7-8,16H2,(H,31,32)(H,33,34);3-5,8-14,16H,1-2,6-7,15H2,(H,30,31)(H,32,33);4-14H,2-3H2,1H3,(H,29,34)(H,30,31)(H,32,33). The maximum absolute atomic E-state index is 12.4. The summed E-state index contributed by atoms with van der Waals surface area (Å²) in [7, 11) is 0. The van der Waals surface area contributed by atoms with Gasteiger partial charge in [0.05, 0.1) is 92.7 Å². The first kappa shape index (κ1) is 90.3. The molecule has 0 spiro atoms. The Morgan fingerprint density at radius 1 is 0.322 bits per heavy atom. The third kappa shape index (κ3) is 19.4. The van der Waals surface area contributed by atoms with Crippen LogP contribution in [0, 0.1) is 5.41 Å². The Hall–Kier alpha value is -16.5. The second kappa shape index (κ2) is 39.6. The van der Waals surface area contributed by atoms with Crippen LogP contribution >= 0.6 is 45.3 Å². The van der Waals surface area contributed by atoms with Crippen LogP contribution in [-0.4, -0.2) is 168 Å². The van der Waals surface area contributed by atoms with Crippen LogP contribution in [0.25, 0.3) is 223 Å². The Kier molecular flexibility index (Phi) is 25.1. The number of anilines is 2. The number of benzene rings is 4. The molecule has 0 atom stereocenters. The Labute approximate surface area is 834 Å². The first-order valence-electron chi connectivity index (χ1n) is 47.4. The highest BCUT2D eigenvalue weighted by Gasteiger charge is 2.26. The third-order valence-electron chi connectivity index (χ3n) is 25.6. The fourth-order valence-corrected chi connectivity index (χ4v) is 21.3. The number of H-pyrrole nitrogens is 8. The molecule has 0 saturated carbocycles. The van der Waals surface area contributed by atoms with Crippen molar-refractivity contribution >= 4 is 156 Å². The van der Waals surface area contributed by atoms with Crippen LogP contribution in [0.2, 0.25) is 0 Å². The molecule has 0 unspecified atom stereocenters. The quantitative estimate of drug-likeness (QED) is 0.0319. The van der Waals surface area contributed by atoms with E-state index in [1.807, 2.05) is 137 Å². The van der Waals surface area contributed by atoms with Crippen molar-refractivity contribution in [1.29, 1.82) is 0 Å². The lowest BCUT2D eigenvalue weighted by Crippen LogP contribution is -2.29. The Morgan fingerprint density at radius 3 is 0.930 bits per heavy atom. The highest BCUT2D eigenvalue weighted by Crippen LogP contribution is 2.42. The molecule has 2 aliphatic heterocycles. The molecule has 0 bridgehead atoms. The maximum atomic E-state index is 12.4. The number of imidazole rings is 4. The Morgan fingerprint density at radius 2 is 0.622 bits per heavy atom. The van der Waals surface area contributed by atoms with E-state index < -0.39 is 0 Å². The van der Waals surface area contributed by atoms with Crippen LogP contribution in [0.4, 0.5) is 11.4 Å². The second-order valence-electron chi connectivity index (χ2n) is 37.0. The molecule has 2 fully saturated rings. The van der Waals surface area contributed by atoms with E-state index >= 15 is 0 Å². The number of pyridine rings is 8. The number of likely N-dealkylation sites (tertiary alicyclic amines) is 2. The molecule has 4 aromatic carbocycles. The number of piperidine rings is 1. The third-order valence-corrected chi connectivity index (χ3v) is 28.4. The maximum Gasteiger partial charge on any atom is 0.224 e. The summed E-state index contributed by atoms with van der Waals surface area (Å²) >= 11 is 6.62. The van der Waals surface area contributed by atoms with E-state index in [1.165, 1.54) is 69.4 Å². The largest absolute Gasteiger partial charge is 0.335 e. The zero-order valence-corrected chi connectivity index (χ0v) is 81.6. The van der Waals surface area contributed by atoms with Gasteiger partial charge in [0.15, 0.2) is 23.3 Å². The smallest absolute Gasteiger partial charge is 0.224 e. The number of carbonyl (C=O) groups is 2. The lowest BCUT2D eigenvalue weighted by atomic mass is 9.92. The molecule has 20 aromatic heterocycles. The number of nitrogens with one attached hydrogen (secondary N) is 10. The van der Waals surface area contributed by atoms with E-state index in [-0.39, 0.29) is 17.2 Å². The molecule has 34 heteroatoms. The molecule has 0 aliphatic carbocycles. The van der Waals surface area contributed by atoms with Gasteiger partial charge in [-0.05, 0) is 259 Å². The first-order chi connectivity index (χ1) is 70.2. The van der Waals surface area contributed by atoms with Crippen LogP contribution < -0.4 is 10.6 Å². The lowest BCUT2D eigenvalue weighted by molar-refractivity contribution is -0.118. The molecule has 706 valence electrons.